The quantitative estimate of drug-likeness (QED) is 0.900. The number of aliphatic hydroxyl groups is 1. The van der Waals surface area contributed by atoms with Gasteiger partial charge in [-0.25, -0.2) is 9.37 Å². The van der Waals surface area contributed by atoms with Crippen molar-refractivity contribution < 1.29 is 9.50 Å². The van der Waals surface area contributed by atoms with Gasteiger partial charge >= 0.3 is 0 Å². The van der Waals surface area contributed by atoms with Crippen molar-refractivity contribution in [3.05, 3.63) is 48.2 Å². The molecule has 5 heteroatoms. The van der Waals surface area contributed by atoms with Crippen molar-refractivity contribution in [3.63, 3.8) is 0 Å². The molecule has 0 aliphatic rings. The first-order valence-corrected chi connectivity index (χ1v) is 5.69. The van der Waals surface area contributed by atoms with Gasteiger partial charge in [-0.05, 0) is 31.2 Å². The summed E-state index contributed by atoms with van der Waals surface area (Å²) in [6.07, 6.45) is 3.13. The van der Waals surface area contributed by atoms with Gasteiger partial charge in [-0.2, -0.15) is 0 Å². The smallest absolute Gasteiger partial charge is 0.151 e. The summed E-state index contributed by atoms with van der Waals surface area (Å²) in [5.74, 6) is 0.362. The van der Waals surface area contributed by atoms with Gasteiger partial charge < -0.3 is 10.0 Å². The van der Waals surface area contributed by atoms with Gasteiger partial charge in [0.1, 0.15) is 5.82 Å². The highest BCUT2D eigenvalue weighted by Crippen LogP contribution is 2.22. The van der Waals surface area contributed by atoms with E-state index in [0.717, 1.165) is 5.69 Å². The molecule has 1 aromatic carbocycles. The predicted octanol–water partition coefficient (Wildman–Crippen LogP) is 2.27. The third-order valence-electron chi connectivity index (χ3n) is 2.56. The highest BCUT2D eigenvalue weighted by molar-refractivity contribution is 5.58. The molecule has 0 aliphatic carbocycles. The molecular weight excluding hydrogens is 233 g/mol. The SMILES string of the molecule is CCN(c1ccc(F)cc1)c1cncc(CO)n1. The Hall–Kier alpha value is -2.01. The van der Waals surface area contributed by atoms with Crippen LogP contribution in [0.25, 0.3) is 0 Å². The first-order valence-electron chi connectivity index (χ1n) is 5.69. The highest BCUT2D eigenvalue weighted by atomic mass is 19.1. The van der Waals surface area contributed by atoms with Crippen LogP contribution in [0.2, 0.25) is 0 Å². The minimum Gasteiger partial charge on any atom is -0.390 e. The van der Waals surface area contributed by atoms with Crippen LogP contribution >= 0.6 is 0 Å². The van der Waals surface area contributed by atoms with E-state index in [9.17, 15) is 4.39 Å². The fourth-order valence-electron chi connectivity index (χ4n) is 1.70. The van der Waals surface area contributed by atoms with Gasteiger partial charge in [0.25, 0.3) is 0 Å². The molecule has 0 unspecified atom stereocenters. The molecular formula is C13H14FN3O. The van der Waals surface area contributed by atoms with Crippen molar-refractivity contribution in [2.24, 2.45) is 0 Å². The number of hydrogen-bond acceptors (Lipinski definition) is 4. The summed E-state index contributed by atoms with van der Waals surface area (Å²) < 4.78 is 12.9. The molecule has 4 nitrogen and oxygen atoms in total. The lowest BCUT2D eigenvalue weighted by molar-refractivity contribution is 0.276. The standard InChI is InChI=1S/C13H14FN3O/c1-2-17(12-5-3-10(14)4-6-12)13-8-15-7-11(9-18)16-13/h3-8,18H,2,9H2,1H3. The van der Waals surface area contributed by atoms with Crippen molar-refractivity contribution >= 4 is 11.5 Å². The van der Waals surface area contributed by atoms with Crippen molar-refractivity contribution in [3.8, 4) is 0 Å². The second-order valence-electron chi connectivity index (χ2n) is 3.75. The van der Waals surface area contributed by atoms with E-state index >= 15 is 0 Å². The third kappa shape index (κ3) is 2.62. The highest BCUT2D eigenvalue weighted by Gasteiger charge is 2.09. The van der Waals surface area contributed by atoms with Gasteiger partial charge in [-0.3, -0.25) is 4.98 Å². The number of aliphatic hydroxyl groups excluding tert-OH is 1. The largest absolute Gasteiger partial charge is 0.390 e. The van der Waals surface area contributed by atoms with E-state index in [0.29, 0.717) is 18.1 Å². The van der Waals surface area contributed by atoms with Crippen LogP contribution in [0.15, 0.2) is 36.7 Å². The van der Waals surface area contributed by atoms with Gasteiger partial charge in [-0.1, -0.05) is 0 Å². The van der Waals surface area contributed by atoms with E-state index in [2.05, 4.69) is 9.97 Å². The van der Waals surface area contributed by atoms with Crippen molar-refractivity contribution in [2.45, 2.75) is 13.5 Å². The van der Waals surface area contributed by atoms with Crippen LogP contribution in [0.1, 0.15) is 12.6 Å². The van der Waals surface area contributed by atoms with Crippen LogP contribution in [0.3, 0.4) is 0 Å². The number of rotatable bonds is 4. The molecule has 0 bridgehead atoms. The Bertz CT molecular complexity index is 516. The topological polar surface area (TPSA) is 49.2 Å². The Labute approximate surface area is 105 Å². The maximum atomic E-state index is 12.9. The summed E-state index contributed by atoms with van der Waals surface area (Å²) in [5.41, 5.74) is 1.34. The van der Waals surface area contributed by atoms with Gasteiger partial charge in [0.2, 0.25) is 0 Å². The van der Waals surface area contributed by atoms with E-state index in [-0.39, 0.29) is 12.4 Å². The van der Waals surface area contributed by atoms with Crippen LogP contribution in [-0.4, -0.2) is 21.6 Å². The second-order valence-corrected chi connectivity index (χ2v) is 3.75. The second kappa shape index (κ2) is 5.55. The van der Waals surface area contributed by atoms with Gasteiger partial charge in [0, 0.05) is 12.2 Å². The van der Waals surface area contributed by atoms with Gasteiger partial charge in [-0.15, -0.1) is 0 Å². The fourth-order valence-corrected chi connectivity index (χ4v) is 1.70. The number of nitrogens with zero attached hydrogens (tertiary/aromatic N) is 3. The molecule has 1 N–H and O–H groups in total. The molecule has 2 aromatic rings. The average molecular weight is 247 g/mol. The van der Waals surface area contributed by atoms with E-state index in [1.54, 1.807) is 18.3 Å². The Morgan fingerprint density at radius 3 is 2.56 bits per heavy atom. The normalized spacial score (nSPS) is 10.4. The maximum absolute atomic E-state index is 12.9. The summed E-state index contributed by atoms with van der Waals surface area (Å²) >= 11 is 0. The van der Waals surface area contributed by atoms with Crippen molar-refractivity contribution in [1.82, 2.24) is 9.97 Å². The van der Waals surface area contributed by atoms with Crippen LogP contribution in [0, 0.1) is 5.82 Å². The Kier molecular flexibility index (Phi) is 3.84. The molecule has 0 amide bonds. The molecule has 0 saturated carbocycles. The summed E-state index contributed by atoms with van der Waals surface area (Å²) in [5, 5.41) is 9.05. The molecule has 1 aromatic heterocycles. The van der Waals surface area contributed by atoms with Crippen molar-refractivity contribution in [2.75, 3.05) is 11.4 Å². The number of anilines is 2. The molecule has 0 aliphatic heterocycles. The minimum absolute atomic E-state index is 0.151. The van der Waals surface area contributed by atoms with Crippen LogP contribution < -0.4 is 4.90 Å². The molecule has 0 fully saturated rings. The lowest BCUT2D eigenvalue weighted by Crippen LogP contribution is -2.18. The number of hydrogen-bond donors (Lipinski definition) is 1. The summed E-state index contributed by atoms with van der Waals surface area (Å²) in [4.78, 5) is 10.2. The van der Waals surface area contributed by atoms with E-state index in [1.807, 2.05) is 11.8 Å². The molecule has 0 atom stereocenters. The third-order valence-corrected chi connectivity index (χ3v) is 2.56. The van der Waals surface area contributed by atoms with Crippen LogP contribution in [0.5, 0.6) is 0 Å². The first kappa shape index (κ1) is 12.4. The predicted molar refractivity (Wildman–Crippen MR) is 67.0 cm³/mol. The lowest BCUT2D eigenvalue weighted by Gasteiger charge is -2.21. The molecule has 0 radical (unpaired) electrons. The molecule has 1 heterocycles. The molecule has 94 valence electrons. The van der Waals surface area contributed by atoms with Crippen molar-refractivity contribution in [1.29, 1.82) is 0 Å². The number of benzene rings is 1. The Balaban J connectivity index is 2.35. The minimum atomic E-state index is -0.273. The molecule has 18 heavy (non-hydrogen) atoms. The Morgan fingerprint density at radius 2 is 1.94 bits per heavy atom. The number of halogens is 1. The van der Waals surface area contributed by atoms with E-state index in [4.69, 9.17) is 5.11 Å². The molecule has 0 saturated heterocycles. The zero-order chi connectivity index (χ0) is 13.0. The monoisotopic (exact) mass is 247 g/mol. The first-order chi connectivity index (χ1) is 8.74. The van der Waals surface area contributed by atoms with E-state index < -0.39 is 0 Å². The Morgan fingerprint density at radius 1 is 1.22 bits per heavy atom. The number of aromatic nitrogens is 2. The van der Waals surface area contributed by atoms with Gasteiger partial charge in [0.15, 0.2) is 5.82 Å². The van der Waals surface area contributed by atoms with Crippen LogP contribution in [0.4, 0.5) is 15.9 Å². The zero-order valence-corrected chi connectivity index (χ0v) is 10.0. The average Bonchev–Trinajstić information content (AvgIpc) is 2.42. The van der Waals surface area contributed by atoms with E-state index in [1.165, 1.54) is 18.3 Å². The summed E-state index contributed by atoms with van der Waals surface area (Å²) in [6.45, 7) is 2.49. The summed E-state index contributed by atoms with van der Waals surface area (Å²) in [7, 11) is 0. The van der Waals surface area contributed by atoms with Crippen LogP contribution in [-0.2, 0) is 6.61 Å². The maximum Gasteiger partial charge on any atom is 0.151 e. The lowest BCUT2D eigenvalue weighted by atomic mass is 10.3. The zero-order valence-electron chi connectivity index (χ0n) is 10.0. The molecule has 2 rings (SSSR count). The fraction of sp³-hybridized carbons (Fsp3) is 0.231. The summed E-state index contributed by atoms with van der Waals surface area (Å²) in [6, 6.07) is 6.18. The van der Waals surface area contributed by atoms with Gasteiger partial charge in [0.05, 0.1) is 24.7 Å². The molecule has 0 spiro atoms.